The first-order chi connectivity index (χ1) is 6.74. The number of hydrogen-bond acceptors (Lipinski definition) is 2. The van der Waals surface area contributed by atoms with E-state index in [1.54, 1.807) is 0 Å². The van der Waals surface area contributed by atoms with Crippen LogP contribution in [0.4, 0.5) is 0 Å². The largest absolute Gasteiger partial charge is 0.321 e. The number of rotatable bonds is 2. The van der Waals surface area contributed by atoms with Crippen LogP contribution in [-0.4, -0.2) is 0 Å². The van der Waals surface area contributed by atoms with E-state index in [1.165, 1.54) is 37.0 Å². The van der Waals surface area contributed by atoms with Crippen LogP contribution in [0.15, 0.2) is 17.5 Å². The van der Waals surface area contributed by atoms with E-state index in [-0.39, 0.29) is 5.54 Å². The average molecular weight is 209 g/mol. The molecular formula is C12H19NS. The molecule has 2 rings (SSSR count). The lowest BCUT2D eigenvalue weighted by molar-refractivity contribution is 0.225. The zero-order chi connectivity index (χ0) is 10.0. The van der Waals surface area contributed by atoms with Gasteiger partial charge in [0.1, 0.15) is 0 Å². The molecule has 2 heteroatoms. The van der Waals surface area contributed by atoms with Crippen molar-refractivity contribution in [2.24, 2.45) is 11.7 Å². The highest BCUT2D eigenvalue weighted by Gasteiger charge is 2.34. The third-order valence-electron chi connectivity index (χ3n) is 3.48. The van der Waals surface area contributed by atoms with Crippen LogP contribution in [0.3, 0.4) is 0 Å². The molecule has 2 atom stereocenters. The summed E-state index contributed by atoms with van der Waals surface area (Å²) in [5.74, 6) is 0.843. The van der Waals surface area contributed by atoms with Crippen molar-refractivity contribution >= 4 is 11.3 Å². The lowest BCUT2D eigenvalue weighted by Crippen LogP contribution is -2.40. The second kappa shape index (κ2) is 4.03. The Balaban J connectivity index is 2.15. The Labute approximate surface area is 90.3 Å². The van der Waals surface area contributed by atoms with Crippen molar-refractivity contribution in [3.8, 4) is 0 Å². The standard InChI is InChI=1S/C12H19NS/c1-2-10-5-3-7-12(13,9-10)11-6-4-8-14-11/h4,6,8,10H,2-3,5,7,9,13H2,1H3. The van der Waals surface area contributed by atoms with Crippen molar-refractivity contribution in [2.45, 2.75) is 44.6 Å². The Hall–Kier alpha value is -0.340. The predicted octanol–water partition coefficient (Wildman–Crippen LogP) is 3.50. The van der Waals surface area contributed by atoms with Gasteiger partial charge in [0.25, 0.3) is 0 Å². The minimum atomic E-state index is -0.00685. The molecule has 14 heavy (non-hydrogen) atoms. The number of hydrogen-bond donors (Lipinski definition) is 1. The maximum Gasteiger partial charge on any atom is 0.0506 e. The molecule has 0 spiro atoms. The Morgan fingerprint density at radius 1 is 1.64 bits per heavy atom. The van der Waals surface area contributed by atoms with Gasteiger partial charge in [0.2, 0.25) is 0 Å². The van der Waals surface area contributed by atoms with Crippen LogP contribution in [0.25, 0.3) is 0 Å². The van der Waals surface area contributed by atoms with Gasteiger partial charge in [-0.15, -0.1) is 11.3 Å². The van der Waals surface area contributed by atoms with Crippen LogP contribution in [0.5, 0.6) is 0 Å². The van der Waals surface area contributed by atoms with Gasteiger partial charge in [-0.3, -0.25) is 0 Å². The highest BCUT2D eigenvalue weighted by Crippen LogP contribution is 2.40. The fourth-order valence-corrected chi connectivity index (χ4v) is 3.44. The Morgan fingerprint density at radius 2 is 2.50 bits per heavy atom. The first-order valence-electron chi connectivity index (χ1n) is 5.57. The van der Waals surface area contributed by atoms with Crippen LogP contribution in [-0.2, 0) is 5.54 Å². The van der Waals surface area contributed by atoms with Gasteiger partial charge in [-0.2, -0.15) is 0 Å². The minimum absolute atomic E-state index is 0.00685. The maximum absolute atomic E-state index is 6.50. The fraction of sp³-hybridized carbons (Fsp3) is 0.667. The van der Waals surface area contributed by atoms with Crippen molar-refractivity contribution in [2.75, 3.05) is 0 Å². The van der Waals surface area contributed by atoms with Crippen molar-refractivity contribution in [1.29, 1.82) is 0 Å². The molecule has 1 aliphatic carbocycles. The van der Waals surface area contributed by atoms with Crippen molar-refractivity contribution in [3.05, 3.63) is 22.4 Å². The van der Waals surface area contributed by atoms with E-state index in [4.69, 9.17) is 5.73 Å². The van der Waals surface area contributed by atoms with Crippen LogP contribution >= 0.6 is 11.3 Å². The summed E-state index contributed by atoms with van der Waals surface area (Å²) >= 11 is 1.82. The van der Waals surface area contributed by atoms with E-state index in [9.17, 15) is 0 Å². The van der Waals surface area contributed by atoms with Crippen molar-refractivity contribution in [3.63, 3.8) is 0 Å². The lowest BCUT2D eigenvalue weighted by Gasteiger charge is -2.37. The summed E-state index contributed by atoms with van der Waals surface area (Å²) in [6.07, 6.45) is 6.31. The van der Waals surface area contributed by atoms with Gasteiger partial charge in [-0.05, 0) is 30.2 Å². The van der Waals surface area contributed by atoms with Crippen LogP contribution in [0, 0.1) is 5.92 Å². The highest BCUT2D eigenvalue weighted by molar-refractivity contribution is 7.10. The van der Waals surface area contributed by atoms with E-state index in [1.807, 2.05) is 11.3 Å². The summed E-state index contributed by atoms with van der Waals surface area (Å²) in [6, 6.07) is 4.31. The van der Waals surface area contributed by atoms with Crippen LogP contribution in [0.1, 0.15) is 43.9 Å². The minimum Gasteiger partial charge on any atom is -0.321 e. The normalized spacial score (nSPS) is 33.1. The molecule has 0 bridgehead atoms. The zero-order valence-corrected chi connectivity index (χ0v) is 9.65. The lowest BCUT2D eigenvalue weighted by atomic mass is 9.74. The van der Waals surface area contributed by atoms with Crippen LogP contribution in [0.2, 0.25) is 0 Å². The quantitative estimate of drug-likeness (QED) is 0.792. The third-order valence-corrected chi connectivity index (χ3v) is 4.57. The molecule has 1 aromatic rings. The molecule has 1 nitrogen and oxygen atoms in total. The maximum atomic E-state index is 6.50. The van der Waals surface area contributed by atoms with E-state index in [0.29, 0.717) is 0 Å². The fourth-order valence-electron chi connectivity index (χ4n) is 2.56. The number of nitrogens with two attached hydrogens (primary N) is 1. The summed E-state index contributed by atoms with van der Waals surface area (Å²) < 4.78 is 0. The molecule has 78 valence electrons. The first-order valence-corrected chi connectivity index (χ1v) is 6.45. The molecular weight excluding hydrogens is 190 g/mol. The molecule has 1 heterocycles. The van der Waals surface area contributed by atoms with E-state index in [0.717, 1.165) is 5.92 Å². The van der Waals surface area contributed by atoms with Gasteiger partial charge in [0.15, 0.2) is 0 Å². The van der Waals surface area contributed by atoms with Crippen molar-refractivity contribution < 1.29 is 0 Å². The smallest absolute Gasteiger partial charge is 0.0506 e. The molecule has 0 radical (unpaired) electrons. The molecule has 2 N–H and O–H groups in total. The summed E-state index contributed by atoms with van der Waals surface area (Å²) in [4.78, 5) is 1.38. The molecule has 1 saturated carbocycles. The second-order valence-corrected chi connectivity index (χ2v) is 5.45. The summed E-state index contributed by atoms with van der Waals surface area (Å²) in [7, 11) is 0. The van der Waals surface area contributed by atoms with E-state index in [2.05, 4.69) is 24.4 Å². The summed E-state index contributed by atoms with van der Waals surface area (Å²) in [6.45, 7) is 2.28. The van der Waals surface area contributed by atoms with Gasteiger partial charge in [0, 0.05) is 4.88 Å². The molecule has 1 aromatic heterocycles. The Morgan fingerprint density at radius 3 is 3.14 bits per heavy atom. The van der Waals surface area contributed by atoms with Crippen LogP contribution < -0.4 is 5.73 Å². The van der Waals surface area contributed by atoms with Gasteiger partial charge in [0.05, 0.1) is 5.54 Å². The predicted molar refractivity (Wildman–Crippen MR) is 62.4 cm³/mol. The number of thiophene rings is 1. The topological polar surface area (TPSA) is 26.0 Å². The summed E-state index contributed by atoms with van der Waals surface area (Å²) in [5, 5.41) is 2.14. The third kappa shape index (κ3) is 1.86. The first kappa shape index (κ1) is 10.2. The van der Waals surface area contributed by atoms with Gasteiger partial charge >= 0.3 is 0 Å². The van der Waals surface area contributed by atoms with E-state index >= 15 is 0 Å². The molecule has 1 fully saturated rings. The molecule has 2 unspecified atom stereocenters. The zero-order valence-electron chi connectivity index (χ0n) is 8.83. The molecule has 0 aromatic carbocycles. The average Bonchev–Trinajstić information content (AvgIpc) is 2.71. The molecule has 0 saturated heterocycles. The molecule has 0 amide bonds. The highest BCUT2D eigenvalue weighted by atomic mass is 32.1. The SMILES string of the molecule is CCC1CCCC(N)(c2cccs2)C1. The molecule has 0 aliphatic heterocycles. The Bertz CT molecular complexity index is 281. The molecule has 1 aliphatic rings. The summed E-state index contributed by atoms with van der Waals surface area (Å²) in [5.41, 5.74) is 6.49. The Kier molecular flexibility index (Phi) is 2.93. The van der Waals surface area contributed by atoms with Gasteiger partial charge in [-0.25, -0.2) is 0 Å². The second-order valence-electron chi connectivity index (χ2n) is 4.50. The monoisotopic (exact) mass is 209 g/mol. The van der Waals surface area contributed by atoms with Gasteiger partial charge < -0.3 is 5.73 Å². The van der Waals surface area contributed by atoms with E-state index < -0.39 is 0 Å². The van der Waals surface area contributed by atoms with Crippen molar-refractivity contribution in [1.82, 2.24) is 0 Å². The van der Waals surface area contributed by atoms with Gasteiger partial charge in [-0.1, -0.05) is 32.3 Å².